The van der Waals surface area contributed by atoms with Gasteiger partial charge in [-0.15, -0.1) is 0 Å². The van der Waals surface area contributed by atoms with Crippen LogP contribution in [0.1, 0.15) is 12.5 Å². The Morgan fingerprint density at radius 2 is 2.31 bits per heavy atom. The van der Waals surface area contributed by atoms with Crippen molar-refractivity contribution in [2.75, 3.05) is 6.61 Å². The summed E-state index contributed by atoms with van der Waals surface area (Å²) in [5, 5.41) is 3.77. The monoisotopic (exact) mass is 176 g/mol. The average Bonchev–Trinajstić information content (AvgIpc) is 2.14. The lowest BCUT2D eigenvalue weighted by atomic mass is 10.3. The Hall–Kier alpha value is -1.64. The van der Waals surface area contributed by atoms with Gasteiger partial charge in [0.15, 0.2) is 0 Å². The largest absolute Gasteiger partial charge is 0.391 e. The van der Waals surface area contributed by atoms with Crippen molar-refractivity contribution in [3.05, 3.63) is 42.2 Å². The van der Waals surface area contributed by atoms with Gasteiger partial charge in [0, 0.05) is 12.4 Å². The summed E-state index contributed by atoms with van der Waals surface area (Å²) in [5.41, 5.74) is 1.92. The van der Waals surface area contributed by atoms with Gasteiger partial charge >= 0.3 is 0 Å². The van der Waals surface area contributed by atoms with Crippen LogP contribution < -0.4 is 0 Å². The smallest absolute Gasteiger partial charge is 0.137 e. The van der Waals surface area contributed by atoms with Crippen molar-refractivity contribution in [1.29, 1.82) is 0 Å². The molecule has 1 aromatic rings. The van der Waals surface area contributed by atoms with E-state index in [4.69, 9.17) is 4.84 Å². The molecule has 0 bridgehead atoms. The van der Waals surface area contributed by atoms with Crippen LogP contribution in [0.25, 0.3) is 0 Å². The van der Waals surface area contributed by atoms with Gasteiger partial charge in [0.25, 0.3) is 0 Å². The molecule has 3 heteroatoms. The quantitative estimate of drug-likeness (QED) is 0.399. The molecule has 0 fully saturated rings. The predicted octanol–water partition coefficient (Wildman–Crippen LogP) is 2.01. The molecule has 13 heavy (non-hydrogen) atoms. The van der Waals surface area contributed by atoms with E-state index >= 15 is 0 Å². The van der Waals surface area contributed by atoms with Crippen LogP contribution in [0.4, 0.5) is 0 Å². The summed E-state index contributed by atoms with van der Waals surface area (Å²) in [4.78, 5) is 8.83. The molecular formula is C10H12N2O. The summed E-state index contributed by atoms with van der Waals surface area (Å²) < 4.78 is 0. The topological polar surface area (TPSA) is 34.5 Å². The molecule has 0 amide bonds. The SMILES string of the molecule is C=C(C)CO/N=C\c1ccncc1. The second kappa shape index (κ2) is 5.09. The molecule has 0 saturated carbocycles. The minimum absolute atomic E-state index is 0.460. The molecule has 0 aliphatic rings. The van der Waals surface area contributed by atoms with Crippen molar-refractivity contribution in [3.8, 4) is 0 Å². The summed E-state index contributed by atoms with van der Waals surface area (Å²) in [6, 6.07) is 3.71. The highest BCUT2D eigenvalue weighted by Crippen LogP contribution is 1.93. The van der Waals surface area contributed by atoms with Crippen LogP contribution in [0.3, 0.4) is 0 Å². The first-order chi connectivity index (χ1) is 6.29. The Labute approximate surface area is 77.7 Å². The van der Waals surface area contributed by atoms with Crippen molar-refractivity contribution in [3.63, 3.8) is 0 Å². The summed E-state index contributed by atoms with van der Waals surface area (Å²) in [7, 11) is 0. The number of aromatic nitrogens is 1. The van der Waals surface area contributed by atoms with E-state index in [2.05, 4.69) is 16.7 Å². The van der Waals surface area contributed by atoms with E-state index in [1.807, 2.05) is 19.1 Å². The number of pyridine rings is 1. The molecule has 0 aliphatic heterocycles. The molecule has 0 aliphatic carbocycles. The van der Waals surface area contributed by atoms with E-state index in [-0.39, 0.29) is 0 Å². The maximum absolute atomic E-state index is 4.95. The third-order valence-corrected chi connectivity index (χ3v) is 1.29. The summed E-state index contributed by atoms with van der Waals surface area (Å²) in [5.74, 6) is 0. The molecule has 0 N–H and O–H groups in total. The van der Waals surface area contributed by atoms with Crippen LogP contribution in [0, 0.1) is 0 Å². The van der Waals surface area contributed by atoms with Crippen molar-refractivity contribution in [1.82, 2.24) is 4.98 Å². The second-order valence-electron chi connectivity index (χ2n) is 2.75. The predicted molar refractivity (Wildman–Crippen MR) is 52.6 cm³/mol. The molecule has 1 aromatic heterocycles. The molecular weight excluding hydrogens is 164 g/mol. The van der Waals surface area contributed by atoms with Gasteiger partial charge in [0.05, 0.1) is 6.21 Å². The number of hydrogen-bond acceptors (Lipinski definition) is 3. The summed E-state index contributed by atoms with van der Waals surface area (Å²) >= 11 is 0. The molecule has 3 nitrogen and oxygen atoms in total. The third kappa shape index (κ3) is 4.06. The van der Waals surface area contributed by atoms with Crippen LogP contribution in [0.2, 0.25) is 0 Å². The molecule has 0 aromatic carbocycles. The fraction of sp³-hybridized carbons (Fsp3) is 0.200. The molecule has 0 unspecified atom stereocenters. The Morgan fingerprint density at radius 3 is 2.92 bits per heavy atom. The van der Waals surface area contributed by atoms with Crippen LogP contribution in [-0.2, 0) is 4.84 Å². The molecule has 0 atom stereocenters. The van der Waals surface area contributed by atoms with Crippen LogP contribution in [0.15, 0.2) is 41.8 Å². The number of nitrogens with zero attached hydrogens (tertiary/aromatic N) is 2. The van der Waals surface area contributed by atoms with Gasteiger partial charge in [-0.25, -0.2) is 0 Å². The van der Waals surface area contributed by atoms with Gasteiger partial charge in [-0.05, 0) is 30.2 Å². The third-order valence-electron chi connectivity index (χ3n) is 1.29. The van der Waals surface area contributed by atoms with E-state index in [9.17, 15) is 0 Å². The lowest BCUT2D eigenvalue weighted by Gasteiger charge is -1.95. The lowest BCUT2D eigenvalue weighted by molar-refractivity contribution is 0.170. The summed E-state index contributed by atoms with van der Waals surface area (Å²) in [6.07, 6.45) is 5.06. The van der Waals surface area contributed by atoms with E-state index in [1.165, 1.54) is 0 Å². The van der Waals surface area contributed by atoms with E-state index in [0.717, 1.165) is 11.1 Å². The van der Waals surface area contributed by atoms with Gasteiger partial charge in [-0.1, -0.05) is 11.7 Å². The lowest BCUT2D eigenvalue weighted by Crippen LogP contribution is -1.89. The maximum atomic E-state index is 4.95. The highest BCUT2D eigenvalue weighted by atomic mass is 16.6. The zero-order chi connectivity index (χ0) is 9.52. The Balaban J connectivity index is 2.37. The van der Waals surface area contributed by atoms with Gasteiger partial charge in [0.2, 0.25) is 0 Å². The van der Waals surface area contributed by atoms with Crippen molar-refractivity contribution in [2.24, 2.45) is 5.16 Å². The minimum Gasteiger partial charge on any atom is -0.391 e. The Morgan fingerprint density at radius 1 is 1.62 bits per heavy atom. The van der Waals surface area contributed by atoms with Crippen LogP contribution in [0.5, 0.6) is 0 Å². The highest BCUT2D eigenvalue weighted by Gasteiger charge is 1.85. The molecule has 0 radical (unpaired) electrons. The van der Waals surface area contributed by atoms with Gasteiger partial charge < -0.3 is 4.84 Å². The van der Waals surface area contributed by atoms with Crippen molar-refractivity contribution >= 4 is 6.21 Å². The fourth-order valence-corrected chi connectivity index (χ4v) is 0.695. The number of oxime groups is 1. The van der Waals surface area contributed by atoms with Crippen LogP contribution >= 0.6 is 0 Å². The van der Waals surface area contributed by atoms with E-state index < -0.39 is 0 Å². The maximum Gasteiger partial charge on any atom is 0.137 e. The Kier molecular flexibility index (Phi) is 3.70. The average molecular weight is 176 g/mol. The van der Waals surface area contributed by atoms with Crippen molar-refractivity contribution in [2.45, 2.75) is 6.92 Å². The van der Waals surface area contributed by atoms with Crippen LogP contribution in [-0.4, -0.2) is 17.8 Å². The summed E-state index contributed by atoms with van der Waals surface area (Å²) in [6.45, 7) is 6.04. The number of rotatable bonds is 4. The molecule has 1 heterocycles. The van der Waals surface area contributed by atoms with E-state index in [0.29, 0.717) is 6.61 Å². The van der Waals surface area contributed by atoms with Gasteiger partial charge in [-0.3, -0.25) is 4.98 Å². The molecule has 68 valence electrons. The normalized spacial score (nSPS) is 10.2. The van der Waals surface area contributed by atoms with Gasteiger partial charge in [-0.2, -0.15) is 0 Å². The van der Waals surface area contributed by atoms with Gasteiger partial charge in [0.1, 0.15) is 6.61 Å². The zero-order valence-electron chi connectivity index (χ0n) is 7.60. The first kappa shape index (κ1) is 9.45. The Bertz CT molecular complexity index is 293. The molecule has 0 spiro atoms. The first-order valence-corrected chi connectivity index (χ1v) is 3.99. The standard InChI is InChI=1S/C10H12N2O/c1-9(2)8-13-12-7-10-3-5-11-6-4-10/h3-7H,1,8H2,2H3/b12-7-. The van der Waals surface area contributed by atoms with Crippen molar-refractivity contribution < 1.29 is 4.84 Å². The van der Waals surface area contributed by atoms with E-state index in [1.54, 1.807) is 18.6 Å². The highest BCUT2D eigenvalue weighted by molar-refractivity contribution is 5.78. The number of hydrogen-bond donors (Lipinski definition) is 0. The zero-order valence-corrected chi connectivity index (χ0v) is 7.60. The fourth-order valence-electron chi connectivity index (χ4n) is 0.695. The minimum atomic E-state index is 0.460. The molecule has 1 rings (SSSR count). The molecule has 0 saturated heterocycles. The second-order valence-corrected chi connectivity index (χ2v) is 2.75. The first-order valence-electron chi connectivity index (χ1n) is 3.99.